The number of thiazole rings is 1. The lowest BCUT2D eigenvalue weighted by Crippen LogP contribution is -2.34. The molecule has 0 spiro atoms. The normalized spacial score (nSPS) is 11.3. The minimum absolute atomic E-state index is 0.0465. The number of rotatable bonds is 7. The fraction of sp³-hybridized carbons (Fsp3) is 0.467. The summed E-state index contributed by atoms with van der Waals surface area (Å²) in [6.07, 6.45) is 0. The van der Waals surface area contributed by atoms with Crippen LogP contribution in [0.4, 0.5) is 0 Å². The van der Waals surface area contributed by atoms with Crippen molar-refractivity contribution in [2.24, 2.45) is 0 Å². The lowest BCUT2D eigenvalue weighted by atomic mass is 10.2. The van der Waals surface area contributed by atoms with Gasteiger partial charge >= 0.3 is 0 Å². The van der Waals surface area contributed by atoms with Crippen molar-refractivity contribution in [2.75, 3.05) is 13.6 Å². The number of nitrogens with zero attached hydrogens (tertiary/aromatic N) is 2. The topological polar surface area (TPSA) is 45.2 Å². The van der Waals surface area contributed by atoms with Crippen LogP contribution in [0.3, 0.4) is 0 Å². The van der Waals surface area contributed by atoms with E-state index in [-0.39, 0.29) is 5.91 Å². The summed E-state index contributed by atoms with van der Waals surface area (Å²) in [4.78, 5) is 19.6. The van der Waals surface area contributed by atoms with Crippen molar-refractivity contribution in [3.8, 4) is 0 Å². The van der Waals surface area contributed by atoms with Crippen molar-refractivity contribution in [3.05, 3.63) is 38.5 Å². The molecule has 0 saturated carbocycles. The number of thiophene rings is 1. The highest BCUT2D eigenvalue weighted by Crippen LogP contribution is 2.19. The molecule has 1 N–H and O–H groups in total. The highest BCUT2D eigenvalue weighted by molar-refractivity contribution is 7.10. The molecule has 0 aromatic carbocycles. The van der Waals surface area contributed by atoms with Crippen molar-refractivity contribution in [3.63, 3.8) is 0 Å². The first-order valence-corrected chi connectivity index (χ1v) is 8.72. The molecule has 0 aliphatic heterocycles. The number of carbonyl (C=O) groups excluding carboxylic acids is 1. The molecule has 6 heteroatoms. The van der Waals surface area contributed by atoms with Crippen molar-refractivity contribution < 1.29 is 4.79 Å². The second-order valence-electron chi connectivity index (χ2n) is 5.36. The van der Waals surface area contributed by atoms with Gasteiger partial charge in [-0.15, -0.1) is 22.7 Å². The zero-order valence-corrected chi connectivity index (χ0v) is 14.3. The van der Waals surface area contributed by atoms with E-state index in [2.05, 4.69) is 29.5 Å². The summed E-state index contributed by atoms with van der Waals surface area (Å²) < 4.78 is 0. The molecule has 0 saturated heterocycles. The van der Waals surface area contributed by atoms with E-state index >= 15 is 0 Å². The number of carbonyl (C=O) groups is 1. The zero-order valence-electron chi connectivity index (χ0n) is 12.6. The summed E-state index contributed by atoms with van der Waals surface area (Å²) in [5.41, 5.74) is 1.04. The molecule has 4 nitrogen and oxygen atoms in total. The van der Waals surface area contributed by atoms with Crippen LogP contribution in [-0.4, -0.2) is 29.4 Å². The number of hydrogen-bond acceptors (Lipinski definition) is 5. The summed E-state index contributed by atoms with van der Waals surface area (Å²) in [6.45, 7) is 5.99. The summed E-state index contributed by atoms with van der Waals surface area (Å²) in [5.74, 6) is 0.508. The van der Waals surface area contributed by atoms with E-state index in [0.717, 1.165) is 10.7 Å². The molecule has 0 fully saturated rings. The molecule has 0 aliphatic rings. The highest BCUT2D eigenvalue weighted by Gasteiger charge is 2.10. The van der Waals surface area contributed by atoms with Gasteiger partial charge < -0.3 is 5.32 Å². The van der Waals surface area contributed by atoms with Gasteiger partial charge in [0.1, 0.15) is 0 Å². The van der Waals surface area contributed by atoms with Crippen LogP contribution >= 0.6 is 22.7 Å². The lowest BCUT2D eigenvalue weighted by Gasteiger charge is -2.14. The first-order chi connectivity index (χ1) is 10.0. The molecule has 2 aromatic rings. The van der Waals surface area contributed by atoms with E-state index in [1.54, 1.807) is 22.7 Å². The van der Waals surface area contributed by atoms with Gasteiger partial charge in [0.25, 0.3) is 0 Å². The molecule has 2 aromatic heterocycles. The zero-order chi connectivity index (χ0) is 15.2. The number of amides is 1. The predicted molar refractivity (Wildman–Crippen MR) is 88.7 cm³/mol. The summed E-state index contributed by atoms with van der Waals surface area (Å²) in [7, 11) is 1.94. The van der Waals surface area contributed by atoms with Crippen molar-refractivity contribution in [1.29, 1.82) is 0 Å². The third kappa shape index (κ3) is 5.22. The Morgan fingerprint density at radius 2 is 2.24 bits per heavy atom. The van der Waals surface area contributed by atoms with Gasteiger partial charge in [0.05, 0.1) is 23.8 Å². The van der Waals surface area contributed by atoms with E-state index in [0.29, 0.717) is 25.6 Å². The maximum Gasteiger partial charge on any atom is 0.234 e. The molecule has 2 heterocycles. The van der Waals surface area contributed by atoms with Gasteiger partial charge in [-0.1, -0.05) is 19.9 Å². The Balaban J connectivity index is 1.75. The summed E-state index contributed by atoms with van der Waals surface area (Å²) in [5, 5.41) is 8.19. The Morgan fingerprint density at radius 1 is 1.43 bits per heavy atom. The van der Waals surface area contributed by atoms with Gasteiger partial charge in [-0.2, -0.15) is 0 Å². The average molecular weight is 323 g/mol. The molecule has 2 rings (SSSR count). The van der Waals surface area contributed by atoms with Crippen LogP contribution in [0, 0.1) is 0 Å². The molecule has 0 unspecified atom stereocenters. The molecular formula is C15H21N3OS2. The third-order valence-corrected chi connectivity index (χ3v) is 5.02. The van der Waals surface area contributed by atoms with Gasteiger partial charge in [0.2, 0.25) is 5.91 Å². The molecular weight excluding hydrogens is 302 g/mol. The fourth-order valence-electron chi connectivity index (χ4n) is 1.89. The van der Waals surface area contributed by atoms with E-state index in [1.807, 2.05) is 29.5 Å². The third-order valence-electron chi connectivity index (χ3n) is 2.95. The second kappa shape index (κ2) is 7.68. The Bertz CT molecular complexity index is 563. The average Bonchev–Trinajstić information content (AvgIpc) is 3.06. The Morgan fingerprint density at radius 3 is 2.86 bits per heavy atom. The Hall–Kier alpha value is -1.24. The smallest absolute Gasteiger partial charge is 0.234 e. The highest BCUT2D eigenvalue weighted by atomic mass is 32.1. The Labute approximate surface area is 133 Å². The maximum atomic E-state index is 11.9. The number of likely N-dealkylation sites (N-methyl/N-ethyl adjacent to an activating group) is 1. The summed E-state index contributed by atoms with van der Waals surface area (Å²) >= 11 is 3.34. The van der Waals surface area contributed by atoms with Crippen LogP contribution < -0.4 is 5.32 Å². The maximum absolute atomic E-state index is 11.9. The van der Waals surface area contributed by atoms with Gasteiger partial charge in [0.15, 0.2) is 0 Å². The predicted octanol–water partition coefficient (Wildman–Crippen LogP) is 3.08. The minimum Gasteiger partial charge on any atom is -0.350 e. The quantitative estimate of drug-likeness (QED) is 0.852. The molecule has 0 radical (unpaired) electrons. The lowest BCUT2D eigenvalue weighted by molar-refractivity contribution is -0.122. The van der Waals surface area contributed by atoms with Crippen molar-refractivity contribution in [1.82, 2.24) is 15.2 Å². The van der Waals surface area contributed by atoms with Crippen molar-refractivity contribution >= 4 is 28.6 Å². The number of nitrogens with one attached hydrogen (secondary N) is 1. The van der Waals surface area contributed by atoms with Crippen LogP contribution in [0.25, 0.3) is 0 Å². The first kappa shape index (κ1) is 16.1. The number of hydrogen-bond donors (Lipinski definition) is 1. The van der Waals surface area contributed by atoms with E-state index < -0.39 is 0 Å². The van der Waals surface area contributed by atoms with Crippen molar-refractivity contribution in [2.45, 2.75) is 32.9 Å². The molecule has 0 bridgehead atoms. The van der Waals surface area contributed by atoms with Crippen LogP contribution in [0.1, 0.15) is 35.3 Å². The molecule has 0 aliphatic carbocycles. The van der Waals surface area contributed by atoms with E-state index in [4.69, 9.17) is 0 Å². The van der Waals surface area contributed by atoms with Crippen LogP contribution in [-0.2, 0) is 17.9 Å². The first-order valence-electron chi connectivity index (χ1n) is 6.96. The van der Waals surface area contributed by atoms with Gasteiger partial charge in [-0.25, -0.2) is 4.98 Å². The van der Waals surface area contributed by atoms with E-state index in [1.165, 1.54) is 4.88 Å². The largest absolute Gasteiger partial charge is 0.350 e. The summed E-state index contributed by atoms with van der Waals surface area (Å²) in [6, 6.07) is 4.02. The van der Waals surface area contributed by atoms with Gasteiger partial charge in [0, 0.05) is 22.7 Å². The second-order valence-corrected chi connectivity index (χ2v) is 7.28. The SMILES string of the molecule is CC(C)c1nc(CN(C)CC(=O)NCc2cccs2)cs1. The van der Waals surface area contributed by atoms with E-state index in [9.17, 15) is 4.79 Å². The molecule has 1 amide bonds. The van der Waals surface area contributed by atoms with Gasteiger partial charge in [-0.3, -0.25) is 9.69 Å². The standard InChI is InChI=1S/C15H21N3OS2/c1-11(2)15-17-12(10-21-15)8-18(3)9-14(19)16-7-13-5-4-6-20-13/h4-6,10-11H,7-9H2,1-3H3,(H,16,19). The molecule has 0 atom stereocenters. The van der Waals surface area contributed by atoms with Crippen LogP contribution in [0.15, 0.2) is 22.9 Å². The molecule has 114 valence electrons. The minimum atomic E-state index is 0.0465. The monoisotopic (exact) mass is 323 g/mol. The van der Waals surface area contributed by atoms with Crippen LogP contribution in [0.5, 0.6) is 0 Å². The number of aromatic nitrogens is 1. The van der Waals surface area contributed by atoms with Gasteiger partial charge in [-0.05, 0) is 18.5 Å². The Kier molecular flexibility index (Phi) is 5.90. The fourth-order valence-corrected chi connectivity index (χ4v) is 3.36. The van der Waals surface area contributed by atoms with Crippen LogP contribution in [0.2, 0.25) is 0 Å². The molecule has 21 heavy (non-hydrogen) atoms.